The van der Waals surface area contributed by atoms with Crippen molar-refractivity contribution in [2.24, 2.45) is 0 Å². The number of aromatic amines is 1. The van der Waals surface area contributed by atoms with Crippen molar-refractivity contribution >= 4 is 33.5 Å². The number of oxazole rings is 1. The number of benzene rings is 2. The maximum atomic E-state index is 12.3. The third kappa shape index (κ3) is 3.09. The highest BCUT2D eigenvalue weighted by Gasteiger charge is 2.11. The van der Waals surface area contributed by atoms with Crippen LogP contribution in [-0.4, -0.2) is 15.9 Å². The number of H-pyrrole nitrogens is 1. The molecular weight excluding hydrogens is 338 g/mol. The number of thiazole rings is 1. The summed E-state index contributed by atoms with van der Waals surface area (Å²) in [6.07, 6.45) is 0. The molecule has 6 nitrogen and oxygen atoms in total. The van der Waals surface area contributed by atoms with Gasteiger partial charge in [-0.2, -0.15) is 0 Å². The summed E-state index contributed by atoms with van der Waals surface area (Å²) in [4.78, 5) is 30.5. The number of carbonyl (C=O) groups is 1. The molecule has 25 heavy (non-hydrogen) atoms. The van der Waals surface area contributed by atoms with E-state index in [1.165, 1.54) is 11.3 Å². The Hall–Kier alpha value is -3.19. The van der Waals surface area contributed by atoms with Crippen LogP contribution >= 0.6 is 11.3 Å². The summed E-state index contributed by atoms with van der Waals surface area (Å²) in [7, 11) is 0. The van der Waals surface area contributed by atoms with E-state index in [1.807, 2.05) is 30.5 Å². The van der Waals surface area contributed by atoms with Gasteiger partial charge in [0.25, 0.3) is 5.91 Å². The fraction of sp³-hybridized carbons (Fsp3) is 0.0556. The van der Waals surface area contributed by atoms with Gasteiger partial charge in [0.2, 0.25) is 0 Å². The quantitative estimate of drug-likeness (QED) is 0.587. The second kappa shape index (κ2) is 6.03. The van der Waals surface area contributed by atoms with E-state index in [4.69, 9.17) is 4.42 Å². The van der Waals surface area contributed by atoms with Crippen molar-refractivity contribution in [3.63, 3.8) is 0 Å². The molecule has 0 saturated carbocycles. The lowest BCUT2D eigenvalue weighted by Crippen LogP contribution is -2.11. The molecule has 4 aromatic rings. The summed E-state index contributed by atoms with van der Waals surface area (Å²) in [6.45, 7) is 1.97. The van der Waals surface area contributed by atoms with E-state index in [-0.39, 0.29) is 5.91 Å². The molecule has 0 radical (unpaired) electrons. The van der Waals surface area contributed by atoms with Crippen molar-refractivity contribution in [2.75, 3.05) is 5.32 Å². The monoisotopic (exact) mass is 351 g/mol. The van der Waals surface area contributed by atoms with Crippen LogP contribution in [0.25, 0.3) is 22.4 Å². The molecule has 0 fully saturated rings. The van der Waals surface area contributed by atoms with Crippen LogP contribution in [0.2, 0.25) is 0 Å². The summed E-state index contributed by atoms with van der Waals surface area (Å²) < 4.78 is 5.06. The van der Waals surface area contributed by atoms with E-state index >= 15 is 0 Å². The Bertz CT molecular complexity index is 1120. The summed E-state index contributed by atoms with van der Waals surface area (Å²) in [5, 5.41) is 5.15. The number of nitrogens with zero attached hydrogens (tertiary/aromatic N) is 1. The number of carbonyl (C=O) groups excluding carboxylic acids is 1. The van der Waals surface area contributed by atoms with Crippen LogP contribution < -0.4 is 11.1 Å². The molecule has 0 bridgehead atoms. The number of rotatable bonds is 3. The first kappa shape index (κ1) is 15.3. The van der Waals surface area contributed by atoms with Gasteiger partial charge in [0.1, 0.15) is 0 Å². The Morgan fingerprint density at radius 2 is 2.00 bits per heavy atom. The van der Waals surface area contributed by atoms with Crippen molar-refractivity contribution in [1.82, 2.24) is 9.97 Å². The van der Waals surface area contributed by atoms with Crippen molar-refractivity contribution in [3.05, 3.63) is 69.5 Å². The highest BCUT2D eigenvalue weighted by Crippen LogP contribution is 2.27. The summed E-state index contributed by atoms with van der Waals surface area (Å²) in [5.41, 5.74) is 4.30. The molecule has 7 heteroatoms. The van der Waals surface area contributed by atoms with Crippen LogP contribution in [0.1, 0.15) is 15.9 Å². The minimum Gasteiger partial charge on any atom is -0.408 e. The smallest absolute Gasteiger partial charge is 0.408 e. The first-order valence-corrected chi connectivity index (χ1v) is 8.43. The summed E-state index contributed by atoms with van der Waals surface area (Å²) in [6, 6.07) is 12.7. The number of hydrogen-bond acceptors (Lipinski definition) is 5. The maximum absolute atomic E-state index is 12.3. The van der Waals surface area contributed by atoms with Gasteiger partial charge in [0.15, 0.2) is 10.7 Å². The Kier molecular flexibility index (Phi) is 3.70. The minimum absolute atomic E-state index is 0.201. The number of aryl methyl sites for hydroxylation is 1. The number of anilines is 1. The van der Waals surface area contributed by atoms with Crippen molar-refractivity contribution in [2.45, 2.75) is 6.92 Å². The van der Waals surface area contributed by atoms with E-state index < -0.39 is 5.76 Å². The third-order valence-corrected chi connectivity index (χ3v) is 4.51. The molecule has 2 aromatic carbocycles. The third-order valence-electron chi connectivity index (χ3n) is 3.76. The largest absolute Gasteiger partial charge is 0.417 e. The van der Waals surface area contributed by atoms with Crippen LogP contribution in [0, 0.1) is 6.92 Å². The van der Waals surface area contributed by atoms with Crippen LogP contribution in [0.15, 0.2) is 57.1 Å². The molecule has 2 aromatic heterocycles. The average molecular weight is 351 g/mol. The van der Waals surface area contributed by atoms with Crippen molar-refractivity contribution in [1.29, 1.82) is 0 Å². The zero-order chi connectivity index (χ0) is 17.4. The zero-order valence-electron chi connectivity index (χ0n) is 13.2. The normalized spacial score (nSPS) is 10.9. The lowest BCUT2D eigenvalue weighted by molar-refractivity contribution is 0.102. The first-order valence-electron chi connectivity index (χ1n) is 7.55. The van der Waals surface area contributed by atoms with Gasteiger partial charge in [-0.1, -0.05) is 23.8 Å². The Labute approximate surface area is 146 Å². The molecule has 0 aliphatic rings. The van der Waals surface area contributed by atoms with Crippen molar-refractivity contribution in [3.8, 4) is 11.3 Å². The van der Waals surface area contributed by atoms with Crippen molar-refractivity contribution < 1.29 is 9.21 Å². The van der Waals surface area contributed by atoms with Gasteiger partial charge in [0.05, 0.1) is 11.2 Å². The highest BCUT2D eigenvalue weighted by molar-refractivity contribution is 7.14. The highest BCUT2D eigenvalue weighted by atomic mass is 32.1. The van der Waals surface area contributed by atoms with Crippen LogP contribution in [-0.2, 0) is 0 Å². The van der Waals surface area contributed by atoms with E-state index in [0.717, 1.165) is 11.1 Å². The van der Waals surface area contributed by atoms with Gasteiger partial charge < -0.3 is 4.42 Å². The van der Waals surface area contributed by atoms with E-state index in [2.05, 4.69) is 15.3 Å². The molecule has 0 saturated heterocycles. The molecule has 0 unspecified atom stereocenters. The van der Waals surface area contributed by atoms with E-state index in [0.29, 0.717) is 27.5 Å². The second-order valence-electron chi connectivity index (χ2n) is 5.58. The molecule has 0 aliphatic carbocycles. The topological polar surface area (TPSA) is 88.0 Å². The summed E-state index contributed by atoms with van der Waals surface area (Å²) in [5.74, 6) is -0.690. The van der Waals surface area contributed by atoms with Crippen LogP contribution in [0.4, 0.5) is 5.13 Å². The van der Waals surface area contributed by atoms with Gasteiger partial charge in [-0.15, -0.1) is 11.3 Å². The fourth-order valence-corrected chi connectivity index (χ4v) is 3.16. The van der Waals surface area contributed by atoms with E-state index in [1.54, 1.807) is 24.3 Å². The Morgan fingerprint density at radius 1 is 1.20 bits per heavy atom. The lowest BCUT2D eigenvalue weighted by atomic mass is 10.1. The maximum Gasteiger partial charge on any atom is 0.417 e. The number of amides is 1. The van der Waals surface area contributed by atoms with Gasteiger partial charge in [-0.05, 0) is 31.2 Å². The molecule has 0 aliphatic heterocycles. The summed E-state index contributed by atoms with van der Waals surface area (Å²) >= 11 is 1.34. The number of hydrogen-bond donors (Lipinski definition) is 2. The van der Waals surface area contributed by atoms with Gasteiger partial charge in [-0.25, -0.2) is 9.78 Å². The number of aromatic nitrogens is 2. The lowest BCUT2D eigenvalue weighted by Gasteiger charge is -2.02. The predicted octanol–water partition coefficient (Wildman–Crippen LogP) is 3.81. The molecule has 0 atom stereocenters. The van der Waals surface area contributed by atoms with E-state index in [9.17, 15) is 9.59 Å². The first-order chi connectivity index (χ1) is 12.1. The second-order valence-corrected chi connectivity index (χ2v) is 6.44. The fourth-order valence-electron chi connectivity index (χ4n) is 2.44. The number of nitrogens with one attached hydrogen (secondary N) is 2. The van der Waals surface area contributed by atoms with Gasteiger partial charge in [-0.3, -0.25) is 15.1 Å². The van der Waals surface area contributed by atoms with Gasteiger partial charge in [0, 0.05) is 16.5 Å². The molecule has 2 heterocycles. The molecule has 2 N–H and O–H groups in total. The molecule has 4 rings (SSSR count). The molecular formula is C18H13N3O3S. The zero-order valence-corrected chi connectivity index (χ0v) is 14.0. The Morgan fingerprint density at radius 3 is 2.80 bits per heavy atom. The van der Waals surface area contributed by atoms with Crippen LogP contribution in [0.3, 0.4) is 0 Å². The molecule has 1 amide bonds. The average Bonchev–Trinajstić information content (AvgIpc) is 3.20. The number of fused-ring (bicyclic) bond motifs is 1. The standard InChI is InChI=1S/C18H13N3O3S/c1-10-2-4-11(5-3-10)16(22)21-17-19-14(9-25-17)12-6-7-13-15(8-12)24-18(23)20-13/h2-9H,1H3,(H,20,23)(H,19,21,22). The Balaban J connectivity index is 1.57. The SMILES string of the molecule is Cc1ccc(C(=O)Nc2nc(-c3ccc4[nH]c(=O)oc4c3)cs2)cc1. The molecule has 124 valence electrons. The predicted molar refractivity (Wildman–Crippen MR) is 97.1 cm³/mol. The molecule has 0 spiro atoms. The van der Waals surface area contributed by atoms with Crippen LogP contribution in [0.5, 0.6) is 0 Å². The minimum atomic E-state index is -0.489. The van der Waals surface area contributed by atoms with Gasteiger partial charge >= 0.3 is 5.76 Å².